The van der Waals surface area contributed by atoms with E-state index >= 15 is 0 Å². The van der Waals surface area contributed by atoms with E-state index in [9.17, 15) is 24.5 Å². The van der Waals surface area contributed by atoms with Crippen LogP contribution in [0.2, 0.25) is 0 Å². The first-order valence-electron chi connectivity index (χ1n) is 11.9. The molecule has 0 bridgehead atoms. The number of nitro groups is 1. The van der Waals surface area contributed by atoms with Gasteiger partial charge in [-0.3, -0.25) is 24.5 Å². The average Bonchev–Trinajstić information content (AvgIpc) is 3.36. The maximum atomic E-state index is 13.3. The van der Waals surface area contributed by atoms with Crippen molar-refractivity contribution in [2.75, 3.05) is 16.4 Å². The predicted octanol–water partition coefficient (Wildman–Crippen LogP) is 5.03. The van der Waals surface area contributed by atoms with Gasteiger partial charge in [0.2, 0.25) is 5.91 Å². The van der Waals surface area contributed by atoms with E-state index < -0.39 is 16.7 Å². The molecule has 0 spiro atoms. The van der Waals surface area contributed by atoms with E-state index in [0.717, 1.165) is 4.90 Å². The second-order valence-electron chi connectivity index (χ2n) is 8.37. The van der Waals surface area contributed by atoms with E-state index in [1.54, 1.807) is 67.6 Å². The van der Waals surface area contributed by atoms with E-state index in [1.165, 1.54) is 42.1 Å². The minimum absolute atomic E-state index is 0.0666. The Morgan fingerprint density at radius 2 is 1.73 bits per heavy atom. The summed E-state index contributed by atoms with van der Waals surface area (Å²) in [6, 6.07) is 22.4. The van der Waals surface area contributed by atoms with Crippen molar-refractivity contribution in [3.63, 3.8) is 0 Å². The van der Waals surface area contributed by atoms with Gasteiger partial charge in [-0.2, -0.15) is 0 Å². The van der Waals surface area contributed by atoms with Crippen LogP contribution < -0.4 is 16.0 Å². The number of anilines is 2. The summed E-state index contributed by atoms with van der Waals surface area (Å²) in [5, 5.41) is 22.7. The number of nitro benzene ring substituents is 1. The van der Waals surface area contributed by atoms with Crippen LogP contribution >= 0.6 is 11.8 Å². The van der Waals surface area contributed by atoms with Gasteiger partial charge in [0.25, 0.3) is 17.5 Å². The standard InChI is InChI=1S/C28H23N5O6S/c1-18-14-25(32-39-18)31-26(34)17-40-23-9-5-8-21(16-23)29-28(36)24(30-27(35)20-6-3-2-4-7-20)15-19-10-12-22(13-11-19)33(37)38/h2-16H,17H2,1H3,(H,29,36)(H,30,35)(H,31,32,34)/b24-15+. The van der Waals surface area contributed by atoms with Crippen LogP contribution in [-0.2, 0) is 9.59 Å². The number of aryl methyl sites for hydroxylation is 1. The number of nitrogens with zero attached hydrogens (tertiary/aromatic N) is 2. The van der Waals surface area contributed by atoms with Crippen molar-refractivity contribution < 1.29 is 23.8 Å². The third-order valence-electron chi connectivity index (χ3n) is 5.30. The molecule has 0 aliphatic heterocycles. The molecule has 3 N–H and O–H groups in total. The van der Waals surface area contributed by atoms with Crippen LogP contribution in [0.25, 0.3) is 6.08 Å². The molecule has 0 aliphatic carbocycles. The fourth-order valence-corrected chi connectivity index (χ4v) is 4.17. The Bertz CT molecular complexity index is 1570. The third kappa shape index (κ3) is 7.88. The zero-order valence-corrected chi connectivity index (χ0v) is 21.9. The van der Waals surface area contributed by atoms with Gasteiger partial charge in [-0.15, -0.1) is 11.8 Å². The molecule has 0 saturated carbocycles. The maximum Gasteiger partial charge on any atom is 0.272 e. The lowest BCUT2D eigenvalue weighted by atomic mass is 10.1. The average molecular weight is 558 g/mol. The van der Waals surface area contributed by atoms with Crippen LogP contribution in [0, 0.1) is 17.0 Å². The number of hydrogen-bond donors (Lipinski definition) is 3. The molecule has 0 aliphatic rings. The molecule has 0 radical (unpaired) electrons. The number of carbonyl (C=O) groups is 3. The number of thioether (sulfide) groups is 1. The molecule has 0 unspecified atom stereocenters. The normalized spacial score (nSPS) is 11.0. The first-order chi connectivity index (χ1) is 19.3. The Balaban J connectivity index is 1.47. The fourth-order valence-electron chi connectivity index (χ4n) is 3.42. The van der Waals surface area contributed by atoms with Crippen molar-refractivity contribution in [3.05, 3.63) is 118 Å². The summed E-state index contributed by atoms with van der Waals surface area (Å²) < 4.78 is 4.93. The summed E-state index contributed by atoms with van der Waals surface area (Å²) in [7, 11) is 0. The minimum atomic E-state index is -0.607. The lowest BCUT2D eigenvalue weighted by molar-refractivity contribution is -0.384. The SMILES string of the molecule is Cc1cc(NC(=O)CSc2cccc(NC(=O)/C(=C\c3ccc([N+](=O)[O-])cc3)NC(=O)c3ccccc3)c2)no1. The van der Waals surface area contributed by atoms with Crippen LogP contribution in [0.5, 0.6) is 0 Å². The number of aromatic nitrogens is 1. The zero-order chi connectivity index (χ0) is 28.5. The highest BCUT2D eigenvalue weighted by Crippen LogP contribution is 2.23. The molecule has 202 valence electrons. The quantitative estimate of drug-likeness (QED) is 0.106. The monoisotopic (exact) mass is 557 g/mol. The minimum Gasteiger partial charge on any atom is -0.360 e. The van der Waals surface area contributed by atoms with Gasteiger partial charge >= 0.3 is 0 Å². The summed E-state index contributed by atoms with van der Waals surface area (Å²) in [4.78, 5) is 49.5. The van der Waals surface area contributed by atoms with Gasteiger partial charge in [-0.1, -0.05) is 29.4 Å². The number of hydrogen-bond acceptors (Lipinski definition) is 8. The Kier molecular flexibility index (Phi) is 9.05. The van der Waals surface area contributed by atoms with Crippen LogP contribution in [0.3, 0.4) is 0 Å². The number of non-ortho nitro benzene ring substituents is 1. The molecule has 0 fully saturated rings. The molecule has 4 rings (SSSR count). The number of benzene rings is 3. The number of rotatable bonds is 10. The van der Waals surface area contributed by atoms with Crippen LogP contribution in [0.15, 0.2) is 100 Å². The molecular formula is C28H23N5O6S. The highest BCUT2D eigenvalue weighted by molar-refractivity contribution is 8.00. The number of amides is 3. The second-order valence-corrected chi connectivity index (χ2v) is 9.42. The lowest BCUT2D eigenvalue weighted by Crippen LogP contribution is -2.30. The molecule has 3 aromatic carbocycles. The zero-order valence-electron chi connectivity index (χ0n) is 21.1. The number of carbonyl (C=O) groups excluding carboxylic acids is 3. The Labute approximate surface area is 232 Å². The Morgan fingerprint density at radius 3 is 2.40 bits per heavy atom. The van der Waals surface area contributed by atoms with E-state index in [4.69, 9.17) is 4.52 Å². The van der Waals surface area contributed by atoms with E-state index in [2.05, 4.69) is 21.1 Å². The molecule has 0 atom stereocenters. The van der Waals surface area contributed by atoms with E-state index in [0.29, 0.717) is 28.4 Å². The highest BCUT2D eigenvalue weighted by Gasteiger charge is 2.16. The van der Waals surface area contributed by atoms with Gasteiger partial charge < -0.3 is 20.5 Å². The molecule has 0 saturated heterocycles. The summed E-state index contributed by atoms with van der Waals surface area (Å²) in [5.41, 5.74) is 1.09. The third-order valence-corrected chi connectivity index (χ3v) is 6.29. The van der Waals surface area contributed by atoms with Gasteiger partial charge in [-0.05, 0) is 61.0 Å². The maximum absolute atomic E-state index is 13.3. The topological polar surface area (TPSA) is 156 Å². The van der Waals surface area contributed by atoms with Crippen molar-refractivity contribution in [2.24, 2.45) is 0 Å². The second kappa shape index (κ2) is 13.0. The predicted molar refractivity (Wildman–Crippen MR) is 151 cm³/mol. The summed E-state index contributed by atoms with van der Waals surface area (Å²) >= 11 is 1.26. The highest BCUT2D eigenvalue weighted by atomic mass is 32.2. The first kappa shape index (κ1) is 27.8. The van der Waals surface area contributed by atoms with E-state index in [-0.39, 0.29) is 23.0 Å². The molecule has 4 aromatic rings. The van der Waals surface area contributed by atoms with Crippen molar-refractivity contribution in [1.29, 1.82) is 0 Å². The molecule has 3 amide bonds. The van der Waals surface area contributed by atoms with Crippen molar-refractivity contribution in [2.45, 2.75) is 11.8 Å². The van der Waals surface area contributed by atoms with Crippen molar-refractivity contribution in [1.82, 2.24) is 10.5 Å². The van der Waals surface area contributed by atoms with Crippen molar-refractivity contribution >= 4 is 52.8 Å². The lowest BCUT2D eigenvalue weighted by Gasteiger charge is -2.12. The summed E-state index contributed by atoms with van der Waals surface area (Å²) in [6.45, 7) is 1.72. The summed E-state index contributed by atoms with van der Waals surface area (Å²) in [6.07, 6.45) is 1.43. The molecule has 12 heteroatoms. The van der Waals surface area contributed by atoms with Crippen LogP contribution in [0.4, 0.5) is 17.2 Å². The largest absolute Gasteiger partial charge is 0.360 e. The van der Waals surface area contributed by atoms with Gasteiger partial charge in [0, 0.05) is 34.3 Å². The van der Waals surface area contributed by atoms with Gasteiger partial charge in [0.1, 0.15) is 11.5 Å². The Hall–Kier alpha value is -5.23. The molecular weight excluding hydrogens is 534 g/mol. The fraction of sp³-hybridized carbons (Fsp3) is 0.0714. The van der Waals surface area contributed by atoms with Gasteiger partial charge in [-0.25, -0.2) is 0 Å². The Morgan fingerprint density at radius 1 is 0.975 bits per heavy atom. The molecule has 11 nitrogen and oxygen atoms in total. The van der Waals surface area contributed by atoms with Gasteiger partial charge in [0.05, 0.1) is 10.7 Å². The molecule has 1 aromatic heterocycles. The van der Waals surface area contributed by atoms with Crippen molar-refractivity contribution in [3.8, 4) is 0 Å². The van der Waals surface area contributed by atoms with E-state index in [1.807, 2.05) is 0 Å². The first-order valence-corrected chi connectivity index (χ1v) is 12.9. The molecule has 1 heterocycles. The number of nitrogens with one attached hydrogen (secondary N) is 3. The molecule has 40 heavy (non-hydrogen) atoms. The smallest absolute Gasteiger partial charge is 0.272 e. The van der Waals surface area contributed by atoms with Gasteiger partial charge in [0.15, 0.2) is 5.82 Å². The van der Waals surface area contributed by atoms with Crippen LogP contribution in [-0.4, -0.2) is 33.6 Å². The van der Waals surface area contributed by atoms with Crippen LogP contribution in [0.1, 0.15) is 21.7 Å². The summed E-state index contributed by atoms with van der Waals surface area (Å²) in [5.74, 6) is -0.376.